The van der Waals surface area contributed by atoms with Gasteiger partial charge in [-0.1, -0.05) is 107 Å². The zero-order valence-electron chi connectivity index (χ0n) is 15.1. The Labute approximate surface area is 144 Å². The van der Waals surface area contributed by atoms with Crippen molar-refractivity contribution in [3.05, 3.63) is 71.8 Å². The van der Waals surface area contributed by atoms with Crippen molar-refractivity contribution >= 4 is 0 Å². The van der Waals surface area contributed by atoms with Gasteiger partial charge in [-0.05, 0) is 36.8 Å². The summed E-state index contributed by atoms with van der Waals surface area (Å²) in [6.45, 7) is 4.49. The molecule has 0 aromatic heterocycles. The summed E-state index contributed by atoms with van der Waals surface area (Å²) in [6, 6.07) is 21.4. The van der Waals surface area contributed by atoms with Crippen LogP contribution in [-0.4, -0.2) is 0 Å². The fourth-order valence-electron chi connectivity index (χ4n) is 2.60. The summed E-state index contributed by atoms with van der Waals surface area (Å²) in [5.41, 5.74) is 2.95. The van der Waals surface area contributed by atoms with Crippen molar-refractivity contribution in [3.63, 3.8) is 0 Å². The van der Waals surface area contributed by atoms with Gasteiger partial charge in [0.15, 0.2) is 0 Å². The number of hydrogen-bond donors (Lipinski definition) is 0. The molecule has 126 valence electrons. The highest BCUT2D eigenvalue weighted by Crippen LogP contribution is 2.08. The van der Waals surface area contributed by atoms with Gasteiger partial charge in [0, 0.05) is 0 Å². The normalized spacial score (nSPS) is 10.0. The molecule has 0 aliphatic carbocycles. The molecule has 0 aliphatic rings. The van der Waals surface area contributed by atoms with Crippen LogP contribution in [0.25, 0.3) is 0 Å². The average Bonchev–Trinajstić information content (AvgIpc) is 2.62. The maximum absolute atomic E-state index is 2.26. The van der Waals surface area contributed by atoms with E-state index in [1.807, 2.05) is 0 Å². The lowest BCUT2D eigenvalue weighted by molar-refractivity contribution is 0.632. The van der Waals surface area contributed by atoms with Gasteiger partial charge < -0.3 is 0 Å². The molecule has 0 nitrogen and oxygen atoms in total. The SMILES string of the molecule is CCCCCCCc1ccccc1.CCCCc1ccccc1. The lowest BCUT2D eigenvalue weighted by atomic mass is 10.1. The van der Waals surface area contributed by atoms with Gasteiger partial charge in [-0.15, -0.1) is 0 Å². The molecule has 2 aromatic carbocycles. The largest absolute Gasteiger partial charge is 0.0654 e. The molecule has 0 radical (unpaired) electrons. The standard InChI is InChI=1S/C13H20.C10H14/c1-2-3-4-5-7-10-13-11-8-6-9-12-13;1-2-3-7-10-8-5-4-6-9-10/h6,8-9,11-12H,2-5,7,10H2,1H3;4-6,8-9H,2-3,7H2,1H3. The first-order valence-corrected chi connectivity index (χ1v) is 9.44. The molecule has 0 fully saturated rings. The monoisotopic (exact) mass is 310 g/mol. The van der Waals surface area contributed by atoms with E-state index in [1.54, 1.807) is 0 Å². The molecular formula is C23H34. The Morgan fingerprint density at radius 3 is 1.39 bits per heavy atom. The van der Waals surface area contributed by atoms with Crippen LogP contribution in [0.5, 0.6) is 0 Å². The molecule has 2 rings (SSSR count). The van der Waals surface area contributed by atoms with E-state index in [-0.39, 0.29) is 0 Å². The molecule has 2 aromatic rings. The van der Waals surface area contributed by atoms with Crippen LogP contribution >= 0.6 is 0 Å². The minimum atomic E-state index is 1.23. The molecule has 0 unspecified atom stereocenters. The Hall–Kier alpha value is -1.56. The van der Waals surface area contributed by atoms with E-state index in [0.29, 0.717) is 0 Å². The quantitative estimate of drug-likeness (QED) is 0.428. The third-order valence-corrected chi connectivity index (χ3v) is 4.07. The van der Waals surface area contributed by atoms with Crippen molar-refractivity contribution in [1.29, 1.82) is 0 Å². The molecule has 0 N–H and O–H groups in total. The number of hydrogen-bond acceptors (Lipinski definition) is 0. The summed E-state index contributed by atoms with van der Waals surface area (Å²) in [5, 5.41) is 0. The molecule has 0 saturated heterocycles. The van der Waals surface area contributed by atoms with Crippen molar-refractivity contribution in [2.75, 3.05) is 0 Å². The van der Waals surface area contributed by atoms with E-state index in [1.165, 1.54) is 68.9 Å². The number of unbranched alkanes of at least 4 members (excludes halogenated alkanes) is 5. The Balaban J connectivity index is 0.000000238. The van der Waals surface area contributed by atoms with Gasteiger partial charge in [-0.3, -0.25) is 0 Å². The Bertz CT molecular complexity index is 458. The molecule has 0 heteroatoms. The van der Waals surface area contributed by atoms with Crippen LogP contribution in [0, 0.1) is 0 Å². The second kappa shape index (κ2) is 14.1. The van der Waals surface area contributed by atoms with Crippen molar-refractivity contribution < 1.29 is 0 Å². The molecule has 0 aliphatic heterocycles. The molecule has 0 bridgehead atoms. The lowest BCUT2D eigenvalue weighted by Crippen LogP contribution is -1.84. The lowest BCUT2D eigenvalue weighted by Gasteiger charge is -2.00. The first-order valence-electron chi connectivity index (χ1n) is 9.44. The second-order valence-electron chi connectivity index (χ2n) is 6.24. The van der Waals surface area contributed by atoms with Gasteiger partial charge in [0.2, 0.25) is 0 Å². The third kappa shape index (κ3) is 10.7. The summed E-state index contributed by atoms with van der Waals surface area (Å²) < 4.78 is 0. The third-order valence-electron chi connectivity index (χ3n) is 4.07. The first-order chi connectivity index (χ1) is 11.4. The molecule has 0 amide bonds. The first kappa shape index (κ1) is 19.5. The van der Waals surface area contributed by atoms with Gasteiger partial charge in [0.25, 0.3) is 0 Å². The van der Waals surface area contributed by atoms with Gasteiger partial charge in [0.05, 0.1) is 0 Å². The molecule has 23 heavy (non-hydrogen) atoms. The van der Waals surface area contributed by atoms with E-state index in [4.69, 9.17) is 0 Å². The summed E-state index contributed by atoms with van der Waals surface area (Å²) in [4.78, 5) is 0. The minimum absolute atomic E-state index is 1.23. The van der Waals surface area contributed by atoms with E-state index in [0.717, 1.165) is 0 Å². The van der Waals surface area contributed by atoms with Crippen LogP contribution in [0.15, 0.2) is 60.7 Å². The fraction of sp³-hybridized carbons (Fsp3) is 0.478. The van der Waals surface area contributed by atoms with Crippen LogP contribution in [0.2, 0.25) is 0 Å². The van der Waals surface area contributed by atoms with Crippen LogP contribution in [0.3, 0.4) is 0 Å². The van der Waals surface area contributed by atoms with Crippen molar-refractivity contribution in [1.82, 2.24) is 0 Å². The highest BCUT2D eigenvalue weighted by molar-refractivity contribution is 5.15. The molecule has 0 atom stereocenters. The Morgan fingerprint density at radius 2 is 0.913 bits per heavy atom. The van der Waals surface area contributed by atoms with Gasteiger partial charge in [-0.25, -0.2) is 0 Å². The maximum Gasteiger partial charge on any atom is -0.0279 e. The maximum atomic E-state index is 2.26. The van der Waals surface area contributed by atoms with Gasteiger partial charge in [0.1, 0.15) is 0 Å². The van der Waals surface area contributed by atoms with E-state index < -0.39 is 0 Å². The Kier molecular flexibility index (Phi) is 11.9. The smallest absolute Gasteiger partial charge is 0.0279 e. The predicted octanol–water partition coefficient (Wildman–Crippen LogP) is 7.23. The van der Waals surface area contributed by atoms with Crippen molar-refractivity contribution in [2.45, 2.75) is 71.6 Å². The van der Waals surface area contributed by atoms with Crippen LogP contribution in [0.4, 0.5) is 0 Å². The van der Waals surface area contributed by atoms with Crippen LogP contribution in [0.1, 0.15) is 69.9 Å². The van der Waals surface area contributed by atoms with E-state index >= 15 is 0 Å². The number of aryl methyl sites for hydroxylation is 2. The molecule has 0 spiro atoms. The minimum Gasteiger partial charge on any atom is -0.0654 e. The second-order valence-corrected chi connectivity index (χ2v) is 6.24. The zero-order valence-corrected chi connectivity index (χ0v) is 15.1. The fourth-order valence-corrected chi connectivity index (χ4v) is 2.60. The summed E-state index contributed by atoms with van der Waals surface area (Å²) >= 11 is 0. The van der Waals surface area contributed by atoms with E-state index in [9.17, 15) is 0 Å². The highest BCUT2D eigenvalue weighted by Gasteiger charge is 1.91. The van der Waals surface area contributed by atoms with Crippen LogP contribution < -0.4 is 0 Å². The summed E-state index contributed by atoms with van der Waals surface area (Å²) in [6.07, 6.45) is 12.0. The molecular weight excluding hydrogens is 276 g/mol. The molecule has 0 saturated carbocycles. The predicted molar refractivity (Wildman–Crippen MR) is 104 cm³/mol. The van der Waals surface area contributed by atoms with E-state index in [2.05, 4.69) is 74.5 Å². The topological polar surface area (TPSA) is 0 Å². The summed E-state index contributed by atoms with van der Waals surface area (Å²) in [5.74, 6) is 0. The van der Waals surface area contributed by atoms with Crippen molar-refractivity contribution in [3.8, 4) is 0 Å². The molecule has 0 heterocycles. The van der Waals surface area contributed by atoms with Gasteiger partial charge in [-0.2, -0.15) is 0 Å². The number of rotatable bonds is 9. The number of benzene rings is 2. The van der Waals surface area contributed by atoms with Gasteiger partial charge >= 0.3 is 0 Å². The average molecular weight is 311 g/mol. The van der Waals surface area contributed by atoms with Crippen LogP contribution in [-0.2, 0) is 12.8 Å². The Morgan fingerprint density at radius 1 is 0.478 bits per heavy atom. The highest BCUT2D eigenvalue weighted by atomic mass is 14.0. The van der Waals surface area contributed by atoms with Crippen molar-refractivity contribution in [2.24, 2.45) is 0 Å². The summed E-state index contributed by atoms with van der Waals surface area (Å²) in [7, 11) is 0. The zero-order chi connectivity index (χ0) is 16.6.